The fourth-order valence-electron chi connectivity index (χ4n) is 3.52. The second-order valence-corrected chi connectivity index (χ2v) is 7.35. The summed E-state index contributed by atoms with van der Waals surface area (Å²) in [4.78, 5) is 40.6. The first-order valence-corrected chi connectivity index (χ1v) is 9.68. The van der Waals surface area contributed by atoms with Gasteiger partial charge in [-0.1, -0.05) is 37.6 Å². The van der Waals surface area contributed by atoms with Crippen molar-refractivity contribution in [2.24, 2.45) is 0 Å². The summed E-state index contributed by atoms with van der Waals surface area (Å²) >= 11 is 0. The fraction of sp³-hybridized carbons (Fsp3) is 0.409. The first kappa shape index (κ1) is 20.0. The molecule has 0 saturated heterocycles. The van der Waals surface area contributed by atoms with Gasteiger partial charge in [-0.3, -0.25) is 14.4 Å². The maximum Gasteiger partial charge on any atom is 0.286 e. The van der Waals surface area contributed by atoms with Crippen molar-refractivity contribution in [1.29, 1.82) is 0 Å². The minimum Gasteiger partial charge on any atom is -0.480 e. The number of ether oxygens (including phenoxy) is 1. The molecule has 0 saturated carbocycles. The van der Waals surface area contributed by atoms with E-state index in [4.69, 9.17) is 4.74 Å². The summed E-state index contributed by atoms with van der Waals surface area (Å²) in [6, 6.07) is 6.80. The highest BCUT2D eigenvalue weighted by Gasteiger charge is 2.39. The number of Topliss-reactive ketones (excluding diaryl/α,β-unsaturated/α-hetero) is 2. The summed E-state index contributed by atoms with van der Waals surface area (Å²) in [6.45, 7) is 3.35. The average molecular weight is 382 g/mol. The minimum absolute atomic E-state index is 0.0996. The number of allylic oxidation sites excluding steroid dienone is 2. The lowest BCUT2D eigenvalue weighted by Crippen LogP contribution is -2.37. The topological polar surface area (TPSA) is 75.7 Å². The Morgan fingerprint density at radius 3 is 2.46 bits per heavy atom. The number of nitrogens with one attached hydrogen (secondary N) is 1. The molecule has 1 aromatic carbocycles. The molecule has 1 aromatic rings. The lowest BCUT2D eigenvalue weighted by atomic mass is 9.79. The lowest BCUT2D eigenvalue weighted by molar-refractivity contribution is -0.121. The molecule has 0 fully saturated rings. The van der Waals surface area contributed by atoms with Gasteiger partial charge in [0.1, 0.15) is 6.10 Å². The monoisotopic (exact) mass is 382 g/mol. The average Bonchev–Trinajstić information content (AvgIpc) is 2.69. The molecule has 0 spiro atoms. The Labute approximate surface area is 165 Å². The second kappa shape index (κ2) is 8.52. The lowest BCUT2D eigenvalue weighted by Gasteiger charge is -2.30. The van der Waals surface area contributed by atoms with Gasteiger partial charge < -0.3 is 15.0 Å². The quantitative estimate of drug-likeness (QED) is 0.734. The summed E-state index contributed by atoms with van der Waals surface area (Å²) in [5.74, 6) is -0.675. The summed E-state index contributed by atoms with van der Waals surface area (Å²) < 4.78 is 5.88. The van der Waals surface area contributed by atoms with Gasteiger partial charge in [0.2, 0.25) is 0 Å². The van der Waals surface area contributed by atoms with E-state index in [1.807, 2.05) is 25.9 Å². The van der Waals surface area contributed by atoms with E-state index in [-0.39, 0.29) is 28.8 Å². The van der Waals surface area contributed by atoms with Crippen LogP contribution in [0.4, 0.5) is 0 Å². The Balaban J connectivity index is 1.88. The number of hydrogen-bond acceptors (Lipinski definition) is 5. The van der Waals surface area contributed by atoms with Crippen LogP contribution in [0.5, 0.6) is 0 Å². The van der Waals surface area contributed by atoms with Crippen molar-refractivity contribution < 1.29 is 19.1 Å². The smallest absolute Gasteiger partial charge is 0.286 e. The van der Waals surface area contributed by atoms with Gasteiger partial charge in [-0.2, -0.15) is 0 Å². The Morgan fingerprint density at radius 2 is 1.82 bits per heavy atom. The van der Waals surface area contributed by atoms with E-state index in [2.05, 4.69) is 5.32 Å². The van der Waals surface area contributed by atoms with Crippen LogP contribution in [0.15, 0.2) is 47.2 Å². The van der Waals surface area contributed by atoms with Crippen LogP contribution in [0.1, 0.15) is 46.9 Å². The van der Waals surface area contributed by atoms with Crippen molar-refractivity contribution in [3.63, 3.8) is 0 Å². The van der Waals surface area contributed by atoms with Gasteiger partial charge >= 0.3 is 0 Å². The first-order valence-electron chi connectivity index (χ1n) is 9.68. The molecule has 1 aliphatic carbocycles. The third kappa shape index (κ3) is 3.92. The molecule has 1 amide bonds. The van der Waals surface area contributed by atoms with Crippen LogP contribution in [-0.4, -0.2) is 55.7 Å². The van der Waals surface area contributed by atoms with Crippen LogP contribution in [0.3, 0.4) is 0 Å². The third-order valence-electron chi connectivity index (χ3n) is 4.90. The Morgan fingerprint density at radius 1 is 1.14 bits per heavy atom. The number of hydrogen-bond donors (Lipinski definition) is 1. The van der Waals surface area contributed by atoms with Crippen LogP contribution < -0.4 is 5.32 Å². The van der Waals surface area contributed by atoms with Crippen LogP contribution in [0.25, 0.3) is 0 Å². The highest BCUT2D eigenvalue weighted by Crippen LogP contribution is 2.35. The zero-order valence-corrected chi connectivity index (χ0v) is 16.6. The number of nitrogens with zero attached hydrogens (tertiary/aromatic N) is 1. The van der Waals surface area contributed by atoms with Gasteiger partial charge in [-0.15, -0.1) is 0 Å². The molecule has 3 rings (SSSR count). The van der Waals surface area contributed by atoms with Crippen LogP contribution in [0, 0.1) is 0 Å². The summed E-state index contributed by atoms with van der Waals surface area (Å²) in [6.07, 6.45) is 2.98. The maximum atomic E-state index is 13.0. The minimum atomic E-state index is -0.586. The third-order valence-corrected chi connectivity index (χ3v) is 4.90. The van der Waals surface area contributed by atoms with Gasteiger partial charge in [0.25, 0.3) is 5.91 Å². The van der Waals surface area contributed by atoms with Crippen molar-refractivity contribution >= 4 is 17.5 Å². The molecule has 0 bridgehead atoms. The molecule has 148 valence electrons. The molecular weight excluding hydrogens is 356 g/mol. The van der Waals surface area contributed by atoms with Crippen molar-refractivity contribution in [2.75, 3.05) is 27.2 Å². The molecule has 1 atom stereocenters. The first-order chi connectivity index (χ1) is 13.4. The summed E-state index contributed by atoms with van der Waals surface area (Å²) in [5.41, 5.74) is 1.44. The Kier molecular flexibility index (Phi) is 6.09. The van der Waals surface area contributed by atoms with Crippen molar-refractivity contribution in [3.05, 3.63) is 58.4 Å². The SMILES string of the molecule is CCCC1OC(C(=O)NCCCN(C)C)=CC2=C1C(=O)c1ccccc1C2=O. The normalized spacial score (nSPS) is 18.4. The van der Waals surface area contributed by atoms with E-state index in [0.29, 0.717) is 29.7 Å². The van der Waals surface area contributed by atoms with E-state index >= 15 is 0 Å². The zero-order chi connectivity index (χ0) is 20.3. The van der Waals surface area contributed by atoms with Gasteiger partial charge in [0, 0.05) is 23.2 Å². The van der Waals surface area contributed by atoms with E-state index < -0.39 is 6.10 Å². The second-order valence-electron chi connectivity index (χ2n) is 7.35. The maximum absolute atomic E-state index is 13.0. The van der Waals surface area contributed by atoms with Crippen molar-refractivity contribution in [3.8, 4) is 0 Å². The predicted molar refractivity (Wildman–Crippen MR) is 106 cm³/mol. The Bertz CT molecular complexity index is 867. The number of carbonyl (C=O) groups is 3. The van der Waals surface area contributed by atoms with Crippen LogP contribution in [-0.2, 0) is 9.53 Å². The number of benzene rings is 1. The van der Waals surface area contributed by atoms with Crippen LogP contribution >= 0.6 is 0 Å². The number of rotatable bonds is 7. The number of fused-ring (bicyclic) bond motifs is 1. The van der Waals surface area contributed by atoms with Crippen molar-refractivity contribution in [2.45, 2.75) is 32.3 Å². The van der Waals surface area contributed by atoms with E-state index in [1.165, 1.54) is 6.08 Å². The highest BCUT2D eigenvalue weighted by molar-refractivity contribution is 6.28. The predicted octanol–water partition coefficient (Wildman–Crippen LogP) is 2.51. The number of ketones is 2. The fourth-order valence-corrected chi connectivity index (χ4v) is 3.52. The van der Waals surface area contributed by atoms with Gasteiger partial charge in [-0.05, 0) is 39.6 Å². The molecule has 6 nitrogen and oxygen atoms in total. The molecule has 1 unspecified atom stereocenters. The standard InChI is InChI=1S/C22H26N2O4/c1-4-8-17-19-16(20(25)14-9-5-6-10-15(14)21(19)26)13-18(28-17)22(27)23-11-7-12-24(2)3/h5-6,9-10,13,17H,4,7-8,11-12H2,1-3H3,(H,23,27). The van der Waals surface area contributed by atoms with E-state index in [0.717, 1.165) is 19.4 Å². The van der Waals surface area contributed by atoms with E-state index in [1.54, 1.807) is 24.3 Å². The summed E-state index contributed by atoms with van der Waals surface area (Å²) in [7, 11) is 3.95. The molecule has 6 heteroatoms. The van der Waals surface area contributed by atoms with E-state index in [9.17, 15) is 14.4 Å². The number of carbonyl (C=O) groups excluding carboxylic acids is 3. The molecule has 0 aromatic heterocycles. The number of amides is 1. The van der Waals surface area contributed by atoms with Crippen molar-refractivity contribution in [1.82, 2.24) is 10.2 Å². The highest BCUT2D eigenvalue weighted by atomic mass is 16.5. The largest absolute Gasteiger partial charge is 0.480 e. The summed E-state index contributed by atoms with van der Waals surface area (Å²) in [5, 5.41) is 2.83. The molecule has 0 radical (unpaired) electrons. The molecule has 1 N–H and O–H groups in total. The molecule has 28 heavy (non-hydrogen) atoms. The Hall–Kier alpha value is -2.73. The van der Waals surface area contributed by atoms with Gasteiger partial charge in [0.05, 0.1) is 5.57 Å². The molecule has 1 heterocycles. The molecule has 2 aliphatic rings. The zero-order valence-electron chi connectivity index (χ0n) is 16.6. The molecule has 1 aliphatic heterocycles. The molecular formula is C22H26N2O4. The van der Waals surface area contributed by atoms with Gasteiger partial charge in [-0.25, -0.2) is 0 Å². The van der Waals surface area contributed by atoms with Gasteiger partial charge in [0.15, 0.2) is 17.3 Å². The van der Waals surface area contributed by atoms with Crippen LogP contribution in [0.2, 0.25) is 0 Å².